The number of thiazole rings is 1. The maximum absolute atomic E-state index is 12.5. The molecule has 2 aromatic heterocycles. The van der Waals surface area contributed by atoms with Gasteiger partial charge in [-0.15, -0.1) is 15.7 Å². The lowest BCUT2D eigenvalue weighted by molar-refractivity contribution is -0.384. The van der Waals surface area contributed by atoms with Crippen molar-refractivity contribution in [3.05, 3.63) is 50.6 Å². The Morgan fingerprint density at radius 1 is 1.37 bits per heavy atom. The number of carbonyl (C=O) groups excluding carboxylic acids is 1. The van der Waals surface area contributed by atoms with Crippen molar-refractivity contribution in [1.29, 1.82) is 0 Å². The molecule has 142 valence electrons. The lowest BCUT2D eigenvalue weighted by Crippen LogP contribution is -2.23. The maximum Gasteiger partial charge on any atom is 0.326 e. The fraction of sp³-hybridized carbons (Fsp3) is 0.200. The summed E-state index contributed by atoms with van der Waals surface area (Å²) in [6, 6.07) is 7.08. The Hall–Kier alpha value is -2.57. The van der Waals surface area contributed by atoms with Gasteiger partial charge in [0.2, 0.25) is 4.80 Å². The number of sulfonamides is 1. The van der Waals surface area contributed by atoms with E-state index in [9.17, 15) is 23.3 Å². The molecule has 0 atom stereocenters. The van der Waals surface area contributed by atoms with E-state index in [-0.39, 0.29) is 27.8 Å². The van der Waals surface area contributed by atoms with Crippen molar-refractivity contribution >= 4 is 54.6 Å². The molecule has 27 heavy (non-hydrogen) atoms. The van der Waals surface area contributed by atoms with Crippen LogP contribution in [0.1, 0.15) is 6.92 Å². The number of ether oxygens (including phenoxy) is 1. The van der Waals surface area contributed by atoms with Crippen LogP contribution in [0.2, 0.25) is 0 Å². The summed E-state index contributed by atoms with van der Waals surface area (Å²) in [6.45, 7) is 1.57. The molecule has 0 aliphatic carbocycles. The third-order valence-corrected chi connectivity index (χ3v) is 7.21. The van der Waals surface area contributed by atoms with Gasteiger partial charge < -0.3 is 9.30 Å². The lowest BCUT2D eigenvalue weighted by atomic mass is 10.3. The first-order valence-corrected chi connectivity index (χ1v) is 10.7. The zero-order valence-corrected chi connectivity index (χ0v) is 16.3. The van der Waals surface area contributed by atoms with Crippen LogP contribution in [-0.2, 0) is 26.1 Å². The van der Waals surface area contributed by atoms with Crippen LogP contribution in [0.25, 0.3) is 10.2 Å². The number of non-ortho nitro benzene ring substituents is 1. The number of rotatable bonds is 6. The topological polar surface area (TPSA) is 121 Å². The largest absolute Gasteiger partial charge is 0.465 e. The lowest BCUT2D eigenvalue weighted by Gasteiger charge is -2.05. The molecule has 0 N–H and O–H groups in total. The highest BCUT2D eigenvalue weighted by Gasteiger charge is 2.18. The van der Waals surface area contributed by atoms with Crippen LogP contribution in [0.5, 0.6) is 0 Å². The Morgan fingerprint density at radius 2 is 2.15 bits per heavy atom. The highest BCUT2D eigenvalue weighted by Crippen LogP contribution is 2.24. The molecule has 0 bridgehead atoms. The van der Waals surface area contributed by atoms with Crippen molar-refractivity contribution in [2.45, 2.75) is 17.7 Å². The Balaban J connectivity index is 2.22. The van der Waals surface area contributed by atoms with E-state index in [1.165, 1.54) is 28.8 Å². The van der Waals surface area contributed by atoms with Crippen molar-refractivity contribution in [2.75, 3.05) is 6.61 Å². The van der Waals surface area contributed by atoms with E-state index in [0.29, 0.717) is 10.2 Å². The number of nitrogens with zero attached hydrogens (tertiary/aromatic N) is 3. The molecule has 0 radical (unpaired) electrons. The van der Waals surface area contributed by atoms with E-state index in [4.69, 9.17) is 4.74 Å². The van der Waals surface area contributed by atoms with Gasteiger partial charge in [0, 0.05) is 12.1 Å². The van der Waals surface area contributed by atoms with Gasteiger partial charge in [-0.3, -0.25) is 14.9 Å². The van der Waals surface area contributed by atoms with E-state index < -0.39 is 20.9 Å². The van der Waals surface area contributed by atoms with Crippen LogP contribution in [0.15, 0.2) is 44.3 Å². The highest BCUT2D eigenvalue weighted by atomic mass is 32.2. The van der Waals surface area contributed by atoms with Gasteiger partial charge in [0.05, 0.1) is 21.7 Å². The Morgan fingerprint density at radius 3 is 2.78 bits per heavy atom. The minimum absolute atomic E-state index is 0.0342. The summed E-state index contributed by atoms with van der Waals surface area (Å²) in [6.07, 6.45) is 0. The van der Waals surface area contributed by atoms with Crippen molar-refractivity contribution in [2.24, 2.45) is 4.40 Å². The quantitative estimate of drug-likeness (QED) is 0.339. The molecule has 0 saturated heterocycles. The van der Waals surface area contributed by atoms with Crippen LogP contribution >= 0.6 is 22.7 Å². The second kappa shape index (κ2) is 7.58. The van der Waals surface area contributed by atoms with Gasteiger partial charge in [-0.25, -0.2) is 0 Å². The minimum Gasteiger partial charge on any atom is -0.465 e. The van der Waals surface area contributed by atoms with Gasteiger partial charge in [0.15, 0.2) is 0 Å². The summed E-state index contributed by atoms with van der Waals surface area (Å²) >= 11 is 1.97. The van der Waals surface area contributed by atoms with Crippen molar-refractivity contribution in [3.8, 4) is 0 Å². The predicted octanol–water partition coefficient (Wildman–Crippen LogP) is 2.53. The van der Waals surface area contributed by atoms with Crippen molar-refractivity contribution < 1.29 is 22.9 Å². The maximum atomic E-state index is 12.5. The molecule has 3 rings (SSSR count). The Labute approximate surface area is 161 Å². The Kier molecular flexibility index (Phi) is 5.39. The SMILES string of the molecule is CCOC(=O)Cn1/c(=N/S(=O)(=O)c2cccs2)sc2cc([N+](=O)[O-])ccc21. The number of carbonyl (C=O) groups is 1. The van der Waals surface area contributed by atoms with Crippen LogP contribution < -0.4 is 4.80 Å². The second-order valence-corrected chi connectivity index (χ2v) is 8.97. The molecule has 0 unspecified atom stereocenters. The third-order valence-electron chi connectivity index (χ3n) is 3.42. The highest BCUT2D eigenvalue weighted by molar-refractivity contribution is 7.92. The number of fused-ring (bicyclic) bond motifs is 1. The fourth-order valence-corrected chi connectivity index (χ4v) is 5.53. The minimum atomic E-state index is -3.97. The number of nitro benzene ring substituents is 1. The number of benzene rings is 1. The number of hydrogen-bond donors (Lipinski definition) is 0. The fourth-order valence-electron chi connectivity index (χ4n) is 2.29. The molecular formula is C15H13N3O6S3. The van der Waals surface area contributed by atoms with E-state index in [1.807, 2.05) is 0 Å². The summed E-state index contributed by atoms with van der Waals surface area (Å²) in [5, 5.41) is 12.6. The Bertz CT molecular complexity index is 1180. The molecule has 0 aliphatic rings. The molecule has 0 fully saturated rings. The van der Waals surface area contributed by atoms with Crippen LogP contribution in [0.3, 0.4) is 0 Å². The molecule has 12 heteroatoms. The zero-order valence-electron chi connectivity index (χ0n) is 13.9. The standard InChI is InChI=1S/C15H13N3O6S3/c1-2-24-13(19)9-17-11-6-5-10(18(20)21)8-12(11)26-15(17)16-27(22,23)14-4-3-7-25-14/h3-8H,2,9H2,1H3/b16-15-. The first kappa shape index (κ1) is 19.2. The number of aromatic nitrogens is 1. The van der Waals surface area contributed by atoms with E-state index in [1.54, 1.807) is 18.4 Å². The van der Waals surface area contributed by atoms with Gasteiger partial charge in [-0.05, 0) is 24.4 Å². The van der Waals surface area contributed by atoms with Crippen LogP contribution in [-0.4, -0.2) is 30.5 Å². The van der Waals surface area contributed by atoms with Gasteiger partial charge in [-0.2, -0.15) is 8.42 Å². The molecule has 0 aliphatic heterocycles. The summed E-state index contributed by atoms with van der Waals surface area (Å²) < 4.78 is 35.6. The van der Waals surface area contributed by atoms with Gasteiger partial charge in [-0.1, -0.05) is 17.4 Å². The van der Waals surface area contributed by atoms with Gasteiger partial charge in [0.1, 0.15) is 10.8 Å². The van der Waals surface area contributed by atoms with E-state index in [2.05, 4.69) is 4.40 Å². The van der Waals surface area contributed by atoms with E-state index in [0.717, 1.165) is 22.7 Å². The summed E-state index contributed by atoms with van der Waals surface area (Å²) in [5.74, 6) is -0.564. The van der Waals surface area contributed by atoms with Crippen molar-refractivity contribution in [3.63, 3.8) is 0 Å². The first-order valence-electron chi connectivity index (χ1n) is 7.59. The summed E-state index contributed by atoms with van der Waals surface area (Å²) in [5.41, 5.74) is 0.318. The van der Waals surface area contributed by atoms with Crippen LogP contribution in [0, 0.1) is 10.1 Å². The van der Waals surface area contributed by atoms with Crippen molar-refractivity contribution in [1.82, 2.24) is 4.57 Å². The average molecular weight is 427 g/mol. The number of thiophene rings is 1. The number of nitro groups is 1. The normalized spacial score (nSPS) is 12.4. The molecule has 3 aromatic rings. The molecule has 1 aromatic carbocycles. The molecule has 0 saturated carbocycles. The molecular weight excluding hydrogens is 414 g/mol. The van der Waals surface area contributed by atoms with Crippen LogP contribution in [0.4, 0.5) is 5.69 Å². The summed E-state index contributed by atoms with van der Waals surface area (Å²) in [7, 11) is -3.97. The monoisotopic (exact) mass is 427 g/mol. The first-order chi connectivity index (χ1) is 12.8. The number of esters is 1. The molecule has 2 heterocycles. The van der Waals surface area contributed by atoms with Gasteiger partial charge in [0.25, 0.3) is 15.7 Å². The number of hydrogen-bond acceptors (Lipinski definition) is 8. The average Bonchev–Trinajstić information content (AvgIpc) is 3.24. The van der Waals surface area contributed by atoms with Gasteiger partial charge >= 0.3 is 5.97 Å². The molecule has 0 spiro atoms. The molecule has 0 amide bonds. The smallest absolute Gasteiger partial charge is 0.326 e. The zero-order chi connectivity index (χ0) is 19.6. The summed E-state index contributed by atoms with van der Waals surface area (Å²) in [4.78, 5) is 22.4. The predicted molar refractivity (Wildman–Crippen MR) is 100 cm³/mol. The second-order valence-electron chi connectivity index (χ2n) is 5.18. The van der Waals surface area contributed by atoms with E-state index >= 15 is 0 Å². The molecule has 9 nitrogen and oxygen atoms in total. The third kappa shape index (κ3) is 4.07.